The predicted molar refractivity (Wildman–Crippen MR) is 55.3 cm³/mol. The molecule has 0 spiro atoms. The first-order chi connectivity index (χ1) is 6.65. The molecule has 0 amide bonds. The zero-order chi connectivity index (χ0) is 10.6. The Morgan fingerprint density at radius 3 is 2.57 bits per heavy atom. The highest BCUT2D eigenvalue weighted by molar-refractivity contribution is 6.23. The zero-order valence-electron chi connectivity index (χ0n) is 8.90. The van der Waals surface area contributed by atoms with Gasteiger partial charge in [-0.1, -0.05) is 6.92 Å². The van der Waals surface area contributed by atoms with E-state index in [4.69, 9.17) is 9.76 Å². The van der Waals surface area contributed by atoms with Gasteiger partial charge in [0, 0.05) is 7.11 Å². The SMILES string of the molecule is COBN1CCC(C(C)C(=O)O)CC1. The Labute approximate surface area is 85.5 Å². The Morgan fingerprint density at radius 2 is 2.14 bits per heavy atom. The summed E-state index contributed by atoms with van der Waals surface area (Å²) in [6.07, 6.45) is 1.94. The van der Waals surface area contributed by atoms with E-state index in [0.29, 0.717) is 13.5 Å². The van der Waals surface area contributed by atoms with Crippen molar-refractivity contribution >= 4 is 13.6 Å². The van der Waals surface area contributed by atoms with Crippen LogP contribution < -0.4 is 0 Å². The number of piperidine rings is 1. The van der Waals surface area contributed by atoms with E-state index in [0.717, 1.165) is 25.9 Å². The quantitative estimate of drug-likeness (QED) is 0.663. The Balaban J connectivity index is 2.31. The first kappa shape index (κ1) is 11.5. The van der Waals surface area contributed by atoms with Crippen molar-refractivity contribution in [2.75, 3.05) is 20.2 Å². The van der Waals surface area contributed by atoms with Crippen LogP contribution in [0, 0.1) is 11.8 Å². The van der Waals surface area contributed by atoms with Crippen LogP contribution in [0.15, 0.2) is 0 Å². The van der Waals surface area contributed by atoms with Crippen molar-refractivity contribution in [2.24, 2.45) is 11.8 Å². The van der Waals surface area contributed by atoms with Gasteiger partial charge >= 0.3 is 13.6 Å². The summed E-state index contributed by atoms with van der Waals surface area (Å²) in [5.41, 5.74) is 0. The lowest BCUT2D eigenvalue weighted by molar-refractivity contribution is -0.143. The highest BCUT2D eigenvalue weighted by Crippen LogP contribution is 2.24. The molecule has 1 saturated heterocycles. The molecule has 1 heterocycles. The molecule has 1 N–H and O–H groups in total. The fraction of sp³-hybridized carbons (Fsp3) is 0.889. The Hall–Kier alpha value is -0.545. The summed E-state index contributed by atoms with van der Waals surface area (Å²) in [7, 11) is 2.35. The molecule has 0 aromatic heterocycles. The van der Waals surface area contributed by atoms with Crippen molar-refractivity contribution < 1.29 is 14.6 Å². The molecule has 0 bridgehead atoms. The van der Waals surface area contributed by atoms with E-state index < -0.39 is 5.97 Å². The minimum Gasteiger partial charge on any atom is -0.481 e. The number of rotatable bonds is 4. The van der Waals surface area contributed by atoms with Crippen molar-refractivity contribution in [3.05, 3.63) is 0 Å². The number of carboxylic acid groups (broad SMARTS) is 1. The first-order valence-electron chi connectivity index (χ1n) is 5.09. The smallest absolute Gasteiger partial charge is 0.363 e. The molecule has 1 fully saturated rings. The molecule has 1 rings (SSSR count). The van der Waals surface area contributed by atoms with Crippen LogP contribution in [0.2, 0.25) is 0 Å². The predicted octanol–water partition coefficient (Wildman–Crippen LogP) is 0.332. The average molecular weight is 199 g/mol. The lowest BCUT2D eigenvalue weighted by Crippen LogP contribution is -2.39. The fourth-order valence-corrected chi connectivity index (χ4v) is 1.97. The highest BCUT2D eigenvalue weighted by atomic mass is 16.4. The number of aliphatic carboxylic acids is 1. The van der Waals surface area contributed by atoms with E-state index in [1.165, 1.54) is 0 Å². The summed E-state index contributed by atoms with van der Waals surface area (Å²) < 4.78 is 5.03. The van der Waals surface area contributed by atoms with Gasteiger partial charge in [0.15, 0.2) is 0 Å². The first-order valence-corrected chi connectivity index (χ1v) is 5.09. The molecule has 80 valence electrons. The van der Waals surface area contributed by atoms with Crippen LogP contribution in [0.3, 0.4) is 0 Å². The van der Waals surface area contributed by atoms with E-state index in [1.54, 1.807) is 14.0 Å². The van der Waals surface area contributed by atoms with Crippen molar-refractivity contribution in [1.29, 1.82) is 0 Å². The van der Waals surface area contributed by atoms with Crippen molar-refractivity contribution in [1.82, 2.24) is 4.81 Å². The van der Waals surface area contributed by atoms with Crippen LogP contribution in [0.5, 0.6) is 0 Å². The number of hydrogen-bond donors (Lipinski definition) is 1. The minimum atomic E-state index is -0.671. The average Bonchev–Trinajstić information content (AvgIpc) is 2.18. The van der Waals surface area contributed by atoms with Crippen molar-refractivity contribution in [3.63, 3.8) is 0 Å². The van der Waals surface area contributed by atoms with E-state index in [-0.39, 0.29) is 5.92 Å². The molecular formula is C9H18BNO3. The molecule has 0 aliphatic carbocycles. The third-order valence-corrected chi connectivity index (χ3v) is 3.04. The third kappa shape index (κ3) is 2.99. The second-order valence-corrected chi connectivity index (χ2v) is 4.00. The number of nitrogens with zero attached hydrogens (tertiary/aromatic N) is 1. The molecular weight excluding hydrogens is 181 g/mol. The number of carbonyl (C=O) groups is 1. The largest absolute Gasteiger partial charge is 0.481 e. The van der Waals surface area contributed by atoms with Gasteiger partial charge in [-0.05, 0) is 31.8 Å². The summed E-state index contributed by atoms with van der Waals surface area (Å²) in [5.74, 6) is -0.546. The third-order valence-electron chi connectivity index (χ3n) is 3.04. The second-order valence-electron chi connectivity index (χ2n) is 4.00. The lowest BCUT2D eigenvalue weighted by atomic mass is 9.84. The van der Waals surface area contributed by atoms with Gasteiger partial charge in [0.2, 0.25) is 0 Å². The minimum absolute atomic E-state index is 0.209. The standard InChI is InChI=1S/C9H18BNO3/c1-7(9(12)13)8-3-5-11(6-4-8)10-14-2/h7-8,10H,3-6H2,1-2H3,(H,12,13). The second kappa shape index (κ2) is 5.36. The molecule has 1 unspecified atom stereocenters. The molecule has 1 aliphatic rings. The van der Waals surface area contributed by atoms with Gasteiger partial charge < -0.3 is 14.6 Å². The fourth-order valence-electron chi connectivity index (χ4n) is 1.97. The van der Waals surface area contributed by atoms with Gasteiger partial charge in [-0.2, -0.15) is 0 Å². The summed E-state index contributed by atoms with van der Waals surface area (Å²) >= 11 is 0. The topological polar surface area (TPSA) is 49.8 Å². The maximum Gasteiger partial charge on any atom is 0.363 e. The Morgan fingerprint density at radius 1 is 1.57 bits per heavy atom. The van der Waals surface area contributed by atoms with Crippen molar-refractivity contribution in [2.45, 2.75) is 19.8 Å². The van der Waals surface area contributed by atoms with E-state index >= 15 is 0 Å². The normalized spacial score (nSPS) is 21.9. The van der Waals surface area contributed by atoms with Gasteiger partial charge in [0.25, 0.3) is 0 Å². The molecule has 0 saturated carbocycles. The number of carboxylic acids is 1. The lowest BCUT2D eigenvalue weighted by Gasteiger charge is -2.32. The van der Waals surface area contributed by atoms with Gasteiger partial charge in [-0.25, -0.2) is 0 Å². The number of hydrogen-bond acceptors (Lipinski definition) is 3. The Bertz CT molecular complexity index is 192. The van der Waals surface area contributed by atoms with E-state index in [9.17, 15) is 4.79 Å². The van der Waals surface area contributed by atoms with Crippen LogP contribution in [0.25, 0.3) is 0 Å². The summed E-state index contributed by atoms with van der Waals surface area (Å²) in [4.78, 5) is 13.0. The highest BCUT2D eigenvalue weighted by Gasteiger charge is 2.27. The molecule has 1 aliphatic heterocycles. The van der Waals surface area contributed by atoms with Crippen LogP contribution in [-0.2, 0) is 9.45 Å². The summed E-state index contributed by atoms with van der Waals surface area (Å²) in [6, 6.07) is 0. The van der Waals surface area contributed by atoms with Gasteiger partial charge in [0.1, 0.15) is 0 Å². The maximum absolute atomic E-state index is 10.8. The van der Waals surface area contributed by atoms with Gasteiger partial charge in [0.05, 0.1) is 5.92 Å². The molecule has 0 radical (unpaired) electrons. The van der Waals surface area contributed by atoms with E-state index in [2.05, 4.69) is 4.81 Å². The molecule has 1 atom stereocenters. The van der Waals surface area contributed by atoms with E-state index in [1.807, 2.05) is 0 Å². The molecule has 0 aromatic rings. The Kier molecular flexibility index (Phi) is 4.42. The van der Waals surface area contributed by atoms with Crippen LogP contribution in [0.1, 0.15) is 19.8 Å². The summed E-state index contributed by atoms with van der Waals surface area (Å²) in [5, 5.41) is 8.87. The zero-order valence-corrected chi connectivity index (χ0v) is 8.90. The van der Waals surface area contributed by atoms with Crippen LogP contribution >= 0.6 is 0 Å². The van der Waals surface area contributed by atoms with Crippen molar-refractivity contribution in [3.8, 4) is 0 Å². The molecule has 4 nitrogen and oxygen atoms in total. The van der Waals surface area contributed by atoms with Gasteiger partial charge in [-0.15, -0.1) is 0 Å². The molecule has 0 aromatic carbocycles. The molecule has 14 heavy (non-hydrogen) atoms. The molecule has 5 heteroatoms. The monoisotopic (exact) mass is 199 g/mol. The van der Waals surface area contributed by atoms with Crippen LogP contribution in [-0.4, -0.2) is 43.7 Å². The summed E-state index contributed by atoms with van der Waals surface area (Å²) in [6.45, 7) is 3.71. The maximum atomic E-state index is 10.8. The van der Waals surface area contributed by atoms with Crippen LogP contribution in [0.4, 0.5) is 0 Å². The van der Waals surface area contributed by atoms with Gasteiger partial charge in [-0.3, -0.25) is 4.79 Å².